The number of carbonyl (C=O) groups is 1. The highest BCUT2D eigenvalue weighted by molar-refractivity contribution is 7.99. The lowest BCUT2D eigenvalue weighted by Gasteiger charge is -2.34. The molecule has 0 spiro atoms. The van der Waals surface area contributed by atoms with E-state index in [1.165, 1.54) is 4.90 Å². The van der Waals surface area contributed by atoms with Gasteiger partial charge in [0.1, 0.15) is 0 Å². The van der Waals surface area contributed by atoms with E-state index in [0.29, 0.717) is 18.9 Å². The summed E-state index contributed by atoms with van der Waals surface area (Å²) in [6, 6.07) is 7.76. The lowest BCUT2D eigenvalue weighted by molar-refractivity contribution is -0.135. The summed E-state index contributed by atoms with van der Waals surface area (Å²) >= 11 is 7.58. The van der Waals surface area contributed by atoms with Gasteiger partial charge < -0.3 is 10.0 Å². The Kier molecular flexibility index (Phi) is 6.40. The van der Waals surface area contributed by atoms with Gasteiger partial charge in [-0.05, 0) is 48.8 Å². The minimum Gasteiger partial charge on any atom is -0.391 e. The second-order valence-electron chi connectivity index (χ2n) is 5.58. The average molecular weight is 328 g/mol. The molecular weight excluding hydrogens is 306 g/mol. The number of nitrogens with zero attached hydrogens (tertiary/aromatic N) is 1. The fraction of sp³-hybridized carbons (Fsp3) is 0.562. The van der Waals surface area contributed by atoms with Crippen LogP contribution in [-0.4, -0.2) is 40.9 Å². The Bertz CT molecular complexity index is 466. The molecule has 116 valence electrons. The monoisotopic (exact) mass is 327 g/mol. The highest BCUT2D eigenvalue weighted by Gasteiger charge is 2.26. The van der Waals surface area contributed by atoms with Crippen molar-refractivity contribution < 1.29 is 9.90 Å². The van der Waals surface area contributed by atoms with Crippen LogP contribution >= 0.6 is 23.4 Å². The third kappa shape index (κ3) is 5.20. The van der Waals surface area contributed by atoms with Gasteiger partial charge in [0.05, 0.1) is 6.10 Å². The van der Waals surface area contributed by atoms with E-state index >= 15 is 0 Å². The van der Waals surface area contributed by atoms with Crippen LogP contribution in [0.2, 0.25) is 5.02 Å². The predicted octanol–water partition coefficient (Wildman–Crippen LogP) is 3.44. The van der Waals surface area contributed by atoms with Crippen molar-refractivity contribution in [3.63, 3.8) is 0 Å². The fourth-order valence-electron chi connectivity index (χ4n) is 2.38. The maximum atomic E-state index is 12.1. The molecule has 1 aliphatic heterocycles. The fourth-order valence-corrected chi connectivity index (χ4v) is 3.36. The molecule has 2 unspecified atom stereocenters. The lowest BCUT2D eigenvalue weighted by Crippen LogP contribution is -2.45. The third-order valence-corrected chi connectivity index (χ3v) is 5.24. The molecule has 1 aromatic carbocycles. The average Bonchev–Trinajstić information content (AvgIpc) is 2.48. The van der Waals surface area contributed by atoms with Gasteiger partial charge in [-0.2, -0.15) is 0 Å². The number of likely N-dealkylation sites (tertiary alicyclic amines) is 1. The molecule has 2 rings (SSSR count). The molecule has 5 heteroatoms. The van der Waals surface area contributed by atoms with Gasteiger partial charge in [-0.25, -0.2) is 0 Å². The predicted molar refractivity (Wildman–Crippen MR) is 87.8 cm³/mol. The molecule has 1 heterocycles. The van der Waals surface area contributed by atoms with Crippen LogP contribution in [0, 0.1) is 5.92 Å². The van der Waals surface area contributed by atoms with Gasteiger partial charge in [0.25, 0.3) is 0 Å². The normalized spacial score (nSPS) is 22.3. The number of carbonyl (C=O) groups excluding carboxylic acids is 1. The summed E-state index contributed by atoms with van der Waals surface area (Å²) in [5.74, 6) is 1.38. The topological polar surface area (TPSA) is 40.5 Å². The Morgan fingerprint density at radius 3 is 2.81 bits per heavy atom. The second kappa shape index (κ2) is 8.06. The van der Waals surface area contributed by atoms with Crippen LogP contribution in [0.4, 0.5) is 0 Å². The van der Waals surface area contributed by atoms with E-state index in [4.69, 9.17) is 11.6 Å². The molecule has 1 fully saturated rings. The van der Waals surface area contributed by atoms with Crippen LogP contribution < -0.4 is 0 Å². The number of hydrogen-bond acceptors (Lipinski definition) is 3. The van der Waals surface area contributed by atoms with Crippen molar-refractivity contribution in [2.45, 2.75) is 37.2 Å². The maximum Gasteiger partial charge on any atom is 0.222 e. The Labute approximate surface area is 135 Å². The standard InChI is InChI=1S/C16H22ClNO2S/c1-12-8-9-18(11-15(12)19)16(20)3-2-10-21-14-6-4-13(17)5-7-14/h4-7,12,15,19H,2-3,8-11H2,1H3. The first-order chi connectivity index (χ1) is 10.1. The molecule has 3 nitrogen and oxygen atoms in total. The van der Waals surface area contributed by atoms with Gasteiger partial charge >= 0.3 is 0 Å². The van der Waals surface area contributed by atoms with E-state index in [1.807, 2.05) is 31.2 Å². The first-order valence-corrected chi connectivity index (χ1v) is 8.77. The minimum atomic E-state index is -0.369. The molecule has 0 aliphatic carbocycles. The molecule has 21 heavy (non-hydrogen) atoms. The SMILES string of the molecule is CC1CCN(C(=O)CCCSc2ccc(Cl)cc2)CC1O. The summed E-state index contributed by atoms with van der Waals surface area (Å²) < 4.78 is 0. The van der Waals surface area contributed by atoms with E-state index in [9.17, 15) is 9.90 Å². The number of hydrogen-bond donors (Lipinski definition) is 1. The quantitative estimate of drug-likeness (QED) is 0.665. The van der Waals surface area contributed by atoms with Crippen LogP contribution in [0.3, 0.4) is 0 Å². The van der Waals surface area contributed by atoms with Crippen molar-refractivity contribution >= 4 is 29.3 Å². The summed E-state index contributed by atoms with van der Waals surface area (Å²) in [5.41, 5.74) is 0. The van der Waals surface area contributed by atoms with Crippen LogP contribution in [0.15, 0.2) is 29.2 Å². The van der Waals surface area contributed by atoms with E-state index in [0.717, 1.165) is 30.2 Å². The Balaban J connectivity index is 1.66. The van der Waals surface area contributed by atoms with E-state index in [-0.39, 0.29) is 12.0 Å². The summed E-state index contributed by atoms with van der Waals surface area (Å²) in [7, 11) is 0. The molecule has 0 bridgehead atoms. The van der Waals surface area contributed by atoms with Crippen molar-refractivity contribution in [3.05, 3.63) is 29.3 Å². The molecule has 1 N–H and O–H groups in total. The highest BCUT2D eigenvalue weighted by Crippen LogP contribution is 2.22. The molecule has 0 saturated carbocycles. The molecule has 1 aliphatic rings. The van der Waals surface area contributed by atoms with E-state index < -0.39 is 0 Å². The number of aliphatic hydroxyl groups excluding tert-OH is 1. The number of halogens is 1. The summed E-state index contributed by atoms with van der Waals surface area (Å²) in [6.45, 7) is 3.31. The van der Waals surface area contributed by atoms with Gasteiger partial charge in [0.2, 0.25) is 5.91 Å². The van der Waals surface area contributed by atoms with Crippen LogP contribution in [0.5, 0.6) is 0 Å². The van der Waals surface area contributed by atoms with Crippen molar-refractivity contribution in [2.75, 3.05) is 18.8 Å². The van der Waals surface area contributed by atoms with Gasteiger partial charge in [-0.15, -0.1) is 11.8 Å². The molecular formula is C16H22ClNO2S. The number of rotatable bonds is 5. The van der Waals surface area contributed by atoms with Crippen molar-refractivity contribution in [2.24, 2.45) is 5.92 Å². The van der Waals surface area contributed by atoms with Gasteiger partial charge in [0, 0.05) is 29.4 Å². The first kappa shape index (κ1) is 16.7. The first-order valence-electron chi connectivity index (χ1n) is 7.40. The van der Waals surface area contributed by atoms with Crippen molar-refractivity contribution in [1.82, 2.24) is 4.90 Å². The smallest absolute Gasteiger partial charge is 0.222 e. The zero-order valence-electron chi connectivity index (χ0n) is 12.3. The van der Waals surface area contributed by atoms with Gasteiger partial charge in [-0.1, -0.05) is 18.5 Å². The maximum absolute atomic E-state index is 12.1. The summed E-state index contributed by atoms with van der Waals surface area (Å²) in [6.07, 6.45) is 1.94. The molecule has 1 aromatic rings. The lowest BCUT2D eigenvalue weighted by atomic mass is 9.96. The van der Waals surface area contributed by atoms with Crippen LogP contribution in [0.25, 0.3) is 0 Å². The van der Waals surface area contributed by atoms with Crippen LogP contribution in [0.1, 0.15) is 26.2 Å². The summed E-state index contributed by atoms with van der Waals surface area (Å²) in [5, 5.41) is 10.6. The van der Waals surface area contributed by atoms with E-state index in [2.05, 4.69) is 0 Å². The number of thioether (sulfide) groups is 1. The number of amides is 1. The van der Waals surface area contributed by atoms with Crippen LogP contribution in [-0.2, 0) is 4.79 Å². The molecule has 0 aromatic heterocycles. The molecule has 1 amide bonds. The van der Waals surface area contributed by atoms with Crippen molar-refractivity contribution in [3.8, 4) is 0 Å². The van der Waals surface area contributed by atoms with Gasteiger partial charge in [0.15, 0.2) is 0 Å². The molecule has 2 atom stereocenters. The number of benzene rings is 1. The second-order valence-corrected chi connectivity index (χ2v) is 7.18. The van der Waals surface area contributed by atoms with E-state index in [1.54, 1.807) is 16.7 Å². The number of β-amino-alcohol motifs (C(OH)–C–C–N with tert-alkyl or cyclic N) is 1. The minimum absolute atomic E-state index is 0.164. The molecule has 0 radical (unpaired) electrons. The third-order valence-electron chi connectivity index (χ3n) is 3.89. The highest BCUT2D eigenvalue weighted by atomic mass is 35.5. The molecule has 1 saturated heterocycles. The summed E-state index contributed by atoms with van der Waals surface area (Å²) in [4.78, 5) is 15.1. The Hall–Kier alpha value is -0.710. The Morgan fingerprint density at radius 2 is 2.14 bits per heavy atom. The largest absolute Gasteiger partial charge is 0.391 e. The zero-order valence-corrected chi connectivity index (χ0v) is 13.9. The zero-order chi connectivity index (χ0) is 15.2. The number of aliphatic hydroxyl groups is 1. The number of piperidine rings is 1. The van der Waals surface area contributed by atoms with Gasteiger partial charge in [-0.3, -0.25) is 4.79 Å². The van der Waals surface area contributed by atoms with Crippen molar-refractivity contribution in [1.29, 1.82) is 0 Å². The Morgan fingerprint density at radius 1 is 1.43 bits per heavy atom.